The lowest BCUT2D eigenvalue weighted by atomic mass is 10.3. The van der Waals surface area contributed by atoms with Crippen molar-refractivity contribution in [2.75, 3.05) is 27.4 Å². The first-order chi connectivity index (χ1) is 6.77. The lowest BCUT2D eigenvalue weighted by molar-refractivity contribution is 0.199. The molecule has 0 bridgehead atoms. The number of hydrogen-bond acceptors (Lipinski definition) is 4. The zero-order valence-corrected chi connectivity index (χ0v) is 8.91. The molecule has 1 heterocycles. The van der Waals surface area contributed by atoms with Crippen molar-refractivity contribution in [2.45, 2.75) is 6.54 Å². The Morgan fingerprint density at radius 3 is 2.93 bits per heavy atom. The normalized spacial score (nSPS) is 10.5. The summed E-state index contributed by atoms with van der Waals surface area (Å²) in [6.07, 6.45) is 1.94. The van der Waals surface area contributed by atoms with Crippen molar-refractivity contribution >= 4 is 0 Å². The second-order valence-corrected chi connectivity index (χ2v) is 3.01. The summed E-state index contributed by atoms with van der Waals surface area (Å²) in [4.78, 5) is 0. The van der Waals surface area contributed by atoms with Crippen LogP contribution in [0.4, 0.5) is 0 Å². The highest BCUT2D eigenvalue weighted by Crippen LogP contribution is 2.13. The highest BCUT2D eigenvalue weighted by atomic mass is 16.5. The molecular weight excluding hydrogens is 182 g/mol. The Hall–Kier alpha value is -1.07. The van der Waals surface area contributed by atoms with Crippen molar-refractivity contribution in [3.05, 3.63) is 11.8 Å². The van der Waals surface area contributed by atoms with Crippen LogP contribution in [-0.4, -0.2) is 37.2 Å². The van der Waals surface area contributed by atoms with Gasteiger partial charge in [0, 0.05) is 39.0 Å². The van der Waals surface area contributed by atoms with Crippen LogP contribution in [0.15, 0.2) is 6.20 Å². The highest BCUT2D eigenvalue weighted by molar-refractivity contribution is 5.22. The van der Waals surface area contributed by atoms with Gasteiger partial charge >= 0.3 is 0 Å². The van der Waals surface area contributed by atoms with E-state index in [4.69, 9.17) is 9.47 Å². The minimum Gasteiger partial charge on any atom is -0.480 e. The van der Waals surface area contributed by atoms with Crippen LogP contribution in [0.2, 0.25) is 0 Å². The molecule has 5 heteroatoms. The minimum absolute atomic E-state index is 0.678. The summed E-state index contributed by atoms with van der Waals surface area (Å²) in [5.41, 5.74) is 1.06. The lowest BCUT2D eigenvalue weighted by Crippen LogP contribution is -2.18. The second kappa shape index (κ2) is 5.62. The summed E-state index contributed by atoms with van der Waals surface area (Å²) >= 11 is 0. The quantitative estimate of drug-likeness (QED) is 0.663. The molecule has 0 radical (unpaired) electrons. The number of nitrogens with zero attached hydrogens (tertiary/aromatic N) is 2. The number of hydrogen-bond donors (Lipinski definition) is 1. The Labute approximate surface area is 84.0 Å². The maximum atomic E-state index is 5.12. The van der Waals surface area contributed by atoms with Gasteiger partial charge in [0.25, 0.3) is 0 Å². The van der Waals surface area contributed by atoms with Crippen LogP contribution in [0.1, 0.15) is 5.56 Å². The fourth-order valence-corrected chi connectivity index (χ4v) is 1.21. The second-order valence-electron chi connectivity index (χ2n) is 3.01. The van der Waals surface area contributed by atoms with Gasteiger partial charge in [-0.2, -0.15) is 0 Å². The Morgan fingerprint density at radius 2 is 2.29 bits per heavy atom. The van der Waals surface area contributed by atoms with Crippen molar-refractivity contribution in [1.29, 1.82) is 0 Å². The smallest absolute Gasteiger partial charge is 0.237 e. The number of nitrogens with one attached hydrogen (secondary N) is 1. The first kappa shape index (κ1) is 11.0. The van der Waals surface area contributed by atoms with Crippen molar-refractivity contribution in [3.8, 4) is 5.88 Å². The van der Waals surface area contributed by atoms with Gasteiger partial charge in [0.2, 0.25) is 5.88 Å². The molecule has 1 aromatic rings. The molecule has 0 aliphatic heterocycles. The fourth-order valence-electron chi connectivity index (χ4n) is 1.21. The van der Waals surface area contributed by atoms with Crippen LogP contribution in [0.3, 0.4) is 0 Å². The molecule has 0 aliphatic carbocycles. The Kier molecular flexibility index (Phi) is 4.42. The number of methoxy groups -OCH3 is 2. The van der Waals surface area contributed by atoms with E-state index in [0.29, 0.717) is 12.5 Å². The van der Waals surface area contributed by atoms with Gasteiger partial charge in [-0.3, -0.25) is 4.68 Å². The molecule has 0 aliphatic rings. The van der Waals surface area contributed by atoms with Gasteiger partial charge in [-0.1, -0.05) is 0 Å². The van der Waals surface area contributed by atoms with Crippen LogP contribution >= 0.6 is 0 Å². The topological polar surface area (TPSA) is 48.3 Å². The highest BCUT2D eigenvalue weighted by Gasteiger charge is 2.06. The van der Waals surface area contributed by atoms with Crippen LogP contribution in [0.5, 0.6) is 5.88 Å². The van der Waals surface area contributed by atoms with E-state index in [1.807, 2.05) is 13.2 Å². The van der Waals surface area contributed by atoms with Crippen LogP contribution in [-0.2, 0) is 18.3 Å². The average Bonchev–Trinajstić information content (AvgIpc) is 2.54. The fraction of sp³-hybridized carbons (Fsp3) is 0.667. The molecule has 80 valence electrons. The summed E-state index contributed by atoms with van der Waals surface area (Å²) in [7, 11) is 5.19. The van der Waals surface area contributed by atoms with E-state index in [2.05, 4.69) is 10.4 Å². The molecule has 0 saturated heterocycles. The van der Waals surface area contributed by atoms with E-state index in [-0.39, 0.29) is 0 Å². The van der Waals surface area contributed by atoms with E-state index in [1.165, 1.54) is 0 Å². The molecule has 0 fully saturated rings. The van der Waals surface area contributed by atoms with E-state index in [1.54, 1.807) is 18.9 Å². The molecule has 1 N–H and O–H groups in total. The van der Waals surface area contributed by atoms with E-state index < -0.39 is 0 Å². The lowest BCUT2D eigenvalue weighted by Gasteiger charge is -2.02. The minimum atomic E-state index is 0.678. The number of ether oxygens (including phenoxy) is 2. The molecule has 5 nitrogen and oxygen atoms in total. The van der Waals surface area contributed by atoms with Crippen LogP contribution in [0, 0.1) is 0 Å². The number of rotatable bonds is 6. The molecule has 0 unspecified atom stereocenters. The third-order valence-electron chi connectivity index (χ3n) is 1.86. The molecule has 0 saturated carbocycles. The molecular formula is C9H17N3O2. The van der Waals surface area contributed by atoms with E-state index in [0.717, 1.165) is 18.7 Å². The van der Waals surface area contributed by atoms with Crippen molar-refractivity contribution in [3.63, 3.8) is 0 Å². The summed E-state index contributed by atoms with van der Waals surface area (Å²) in [6.45, 7) is 2.29. The maximum Gasteiger partial charge on any atom is 0.237 e. The van der Waals surface area contributed by atoms with E-state index in [9.17, 15) is 0 Å². The molecule has 1 rings (SSSR count). The van der Waals surface area contributed by atoms with Gasteiger partial charge in [0.05, 0.1) is 13.7 Å². The number of aryl methyl sites for hydroxylation is 1. The SMILES string of the molecule is COCCNCc1cn(C)nc1OC. The third-order valence-corrected chi connectivity index (χ3v) is 1.86. The van der Waals surface area contributed by atoms with Crippen molar-refractivity contribution in [1.82, 2.24) is 15.1 Å². The largest absolute Gasteiger partial charge is 0.480 e. The maximum absolute atomic E-state index is 5.12. The summed E-state index contributed by atoms with van der Waals surface area (Å²) in [5.74, 6) is 0.678. The van der Waals surface area contributed by atoms with Crippen LogP contribution in [0.25, 0.3) is 0 Å². The summed E-state index contributed by atoms with van der Waals surface area (Å²) < 4.78 is 11.8. The Balaban J connectivity index is 2.41. The average molecular weight is 199 g/mol. The monoisotopic (exact) mass is 199 g/mol. The zero-order valence-electron chi connectivity index (χ0n) is 8.91. The molecule has 0 aromatic carbocycles. The Bertz CT molecular complexity index is 273. The first-order valence-corrected chi connectivity index (χ1v) is 4.54. The van der Waals surface area contributed by atoms with Gasteiger partial charge in [-0.25, -0.2) is 0 Å². The molecule has 0 atom stereocenters. The first-order valence-electron chi connectivity index (χ1n) is 4.54. The standard InChI is InChI=1S/C9H17N3O2/c1-12-7-8(9(11-12)14-3)6-10-4-5-13-2/h7,10H,4-6H2,1-3H3. The zero-order chi connectivity index (χ0) is 10.4. The predicted octanol–water partition coefficient (Wildman–Crippen LogP) is 0.165. The van der Waals surface area contributed by atoms with Gasteiger partial charge < -0.3 is 14.8 Å². The van der Waals surface area contributed by atoms with E-state index >= 15 is 0 Å². The third kappa shape index (κ3) is 3.01. The van der Waals surface area contributed by atoms with Crippen molar-refractivity contribution < 1.29 is 9.47 Å². The molecule has 1 aromatic heterocycles. The van der Waals surface area contributed by atoms with Crippen LogP contribution < -0.4 is 10.1 Å². The summed E-state index contributed by atoms with van der Waals surface area (Å²) in [5, 5.41) is 7.38. The molecule has 14 heavy (non-hydrogen) atoms. The predicted molar refractivity (Wildman–Crippen MR) is 53.3 cm³/mol. The van der Waals surface area contributed by atoms with Crippen molar-refractivity contribution in [2.24, 2.45) is 7.05 Å². The summed E-state index contributed by atoms with van der Waals surface area (Å²) in [6, 6.07) is 0. The Morgan fingerprint density at radius 1 is 1.50 bits per heavy atom. The van der Waals surface area contributed by atoms with Gasteiger partial charge in [-0.15, -0.1) is 5.10 Å². The molecule has 0 spiro atoms. The number of aromatic nitrogens is 2. The van der Waals surface area contributed by atoms with Gasteiger partial charge in [-0.05, 0) is 0 Å². The molecule has 0 amide bonds. The van der Waals surface area contributed by atoms with Gasteiger partial charge in [0.1, 0.15) is 0 Å². The van der Waals surface area contributed by atoms with Gasteiger partial charge in [0.15, 0.2) is 0 Å².